The van der Waals surface area contributed by atoms with Gasteiger partial charge in [0.15, 0.2) is 0 Å². The highest BCUT2D eigenvalue weighted by atomic mass is 35.5. The molecule has 0 saturated heterocycles. The van der Waals surface area contributed by atoms with Crippen molar-refractivity contribution in [2.45, 2.75) is 39.7 Å². The number of ether oxygens (including phenoxy) is 1. The summed E-state index contributed by atoms with van der Waals surface area (Å²) in [5.41, 5.74) is 1.12. The van der Waals surface area contributed by atoms with Crippen molar-refractivity contribution in [2.75, 3.05) is 6.61 Å². The molecule has 1 aromatic carbocycles. The summed E-state index contributed by atoms with van der Waals surface area (Å²) in [5, 5.41) is 0.653. The van der Waals surface area contributed by atoms with Gasteiger partial charge in [0, 0.05) is 18.1 Å². The molecule has 0 aliphatic rings. The average molecular weight is 269 g/mol. The normalized spacial score (nSPS) is 13.3. The Labute approximate surface area is 114 Å². The Kier molecular flexibility index (Phi) is 5.83. The molecule has 2 nitrogen and oxygen atoms in total. The van der Waals surface area contributed by atoms with Gasteiger partial charge in [-0.2, -0.15) is 0 Å². The van der Waals surface area contributed by atoms with Crippen molar-refractivity contribution in [3.8, 4) is 0 Å². The molecule has 3 heteroatoms. The number of halogens is 1. The van der Waals surface area contributed by atoms with E-state index in [0.717, 1.165) is 18.3 Å². The fourth-order valence-corrected chi connectivity index (χ4v) is 1.87. The van der Waals surface area contributed by atoms with Gasteiger partial charge >= 0.3 is 0 Å². The molecule has 0 radical (unpaired) electrons. The smallest absolute Gasteiger partial charge is 0.122 e. The van der Waals surface area contributed by atoms with Gasteiger partial charge in [-0.3, -0.25) is 0 Å². The Bertz CT molecular complexity index is 382. The minimum Gasteiger partial charge on any atom is -0.373 e. The number of aldehydes is 1. The van der Waals surface area contributed by atoms with Crippen molar-refractivity contribution in [3.05, 3.63) is 34.9 Å². The third-order valence-corrected chi connectivity index (χ3v) is 3.08. The molecule has 0 saturated carbocycles. The van der Waals surface area contributed by atoms with E-state index >= 15 is 0 Å². The molecule has 0 aliphatic heterocycles. The summed E-state index contributed by atoms with van der Waals surface area (Å²) in [5.74, 6) is 0. The highest BCUT2D eigenvalue weighted by Gasteiger charge is 2.16. The Morgan fingerprint density at radius 1 is 1.33 bits per heavy atom. The quantitative estimate of drug-likeness (QED) is 0.714. The Morgan fingerprint density at radius 2 is 2.00 bits per heavy atom. The van der Waals surface area contributed by atoms with Gasteiger partial charge in [-0.15, -0.1) is 0 Å². The number of benzene rings is 1. The van der Waals surface area contributed by atoms with Crippen LogP contribution in [0.2, 0.25) is 5.02 Å². The molecule has 0 fully saturated rings. The third kappa shape index (κ3) is 5.19. The van der Waals surface area contributed by atoms with Crippen LogP contribution in [-0.2, 0) is 9.53 Å². The number of carbonyl (C=O) groups is 1. The molecule has 1 unspecified atom stereocenters. The zero-order chi connectivity index (χ0) is 13.6. The van der Waals surface area contributed by atoms with Crippen molar-refractivity contribution in [1.29, 1.82) is 0 Å². The second-order valence-corrected chi connectivity index (χ2v) is 6.00. The van der Waals surface area contributed by atoms with E-state index in [1.807, 2.05) is 24.3 Å². The van der Waals surface area contributed by atoms with E-state index in [2.05, 4.69) is 20.8 Å². The van der Waals surface area contributed by atoms with Crippen LogP contribution in [0.3, 0.4) is 0 Å². The number of rotatable bonds is 6. The van der Waals surface area contributed by atoms with E-state index in [4.69, 9.17) is 16.3 Å². The first-order valence-corrected chi connectivity index (χ1v) is 6.61. The standard InChI is InChI=1S/C15H21ClO2/c1-15(2,3)9-11-18-14(8-10-17)12-6-4-5-7-13(12)16/h4-7,10,14H,8-9,11H2,1-3H3. The predicted molar refractivity (Wildman–Crippen MR) is 74.9 cm³/mol. The van der Waals surface area contributed by atoms with Gasteiger partial charge in [0.05, 0.1) is 6.10 Å². The van der Waals surface area contributed by atoms with Crippen LogP contribution in [0, 0.1) is 5.41 Å². The number of carbonyl (C=O) groups excluding carboxylic acids is 1. The van der Waals surface area contributed by atoms with Gasteiger partial charge in [0.25, 0.3) is 0 Å². The highest BCUT2D eigenvalue weighted by molar-refractivity contribution is 6.31. The minimum absolute atomic E-state index is 0.228. The molecule has 0 heterocycles. The molecular formula is C15H21ClO2. The van der Waals surface area contributed by atoms with Crippen LogP contribution in [-0.4, -0.2) is 12.9 Å². The lowest BCUT2D eigenvalue weighted by Crippen LogP contribution is -2.13. The molecule has 100 valence electrons. The van der Waals surface area contributed by atoms with Gasteiger partial charge < -0.3 is 9.53 Å². The monoisotopic (exact) mass is 268 g/mol. The predicted octanol–water partition coefficient (Wildman–Crippen LogP) is 4.42. The van der Waals surface area contributed by atoms with E-state index in [1.165, 1.54) is 0 Å². The maximum Gasteiger partial charge on any atom is 0.122 e. The van der Waals surface area contributed by atoms with Crippen molar-refractivity contribution in [1.82, 2.24) is 0 Å². The fraction of sp³-hybridized carbons (Fsp3) is 0.533. The first-order valence-electron chi connectivity index (χ1n) is 6.24. The molecule has 0 amide bonds. The molecule has 18 heavy (non-hydrogen) atoms. The van der Waals surface area contributed by atoms with E-state index in [1.54, 1.807) is 0 Å². The van der Waals surface area contributed by atoms with Crippen LogP contribution >= 0.6 is 11.6 Å². The van der Waals surface area contributed by atoms with E-state index in [-0.39, 0.29) is 11.5 Å². The molecule has 1 rings (SSSR count). The Hall–Kier alpha value is -0.860. The van der Waals surface area contributed by atoms with Crippen LogP contribution in [0.15, 0.2) is 24.3 Å². The fourth-order valence-electron chi connectivity index (χ4n) is 1.62. The average Bonchev–Trinajstić information content (AvgIpc) is 2.27. The van der Waals surface area contributed by atoms with E-state index < -0.39 is 0 Å². The van der Waals surface area contributed by atoms with Crippen molar-refractivity contribution < 1.29 is 9.53 Å². The zero-order valence-corrected chi connectivity index (χ0v) is 12.0. The van der Waals surface area contributed by atoms with Crippen LogP contribution in [0.5, 0.6) is 0 Å². The molecule has 0 aliphatic carbocycles. The maximum absolute atomic E-state index is 10.7. The largest absolute Gasteiger partial charge is 0.373 e. The van der Waals surface area contributed by atoms with Crippen LogP contribution < -0.4 is 0 Å². The van der Waals surface area contributed by atoms with Crippen molar-refractivity contribution >= 4 is 17.9 Å². The second kappa shape index (κ2) is 6.91. The topological polar surface area (TPSA) is 26.3 Å². The van der Waals surface area contributed by atoms with Crippen LogP contribution in [0.4, 0.5) is 0 Å². The summed E-state index contributed by atoms with van der Waals surface area (Å²) < 4.78 is 5.81. The molecule has 1 atom stereocenters. The maximum atomic E-state index is 10.7. The lowest BCUT2D eigenvalue weighted by molar-refractivity contribution is -0.110. The molecule has 0 spiro atoms. The number of hydrogen-bond donors (Lipinski definition) is 0. The molecule has 1 aromatic rings. The van der Waals surface area contributed by atoms with Gasteiger partial charge in [-0.05, 0) is 23.5 Å². The zero-order valence-electron chi connectivity index (χ0n) is 11.3. The summed E-state index contributed by atoms with van der Waals surface area (Å²) in [6.45, 7) is 7.13. The Balaban J connectivity index is 2.66. The third-order valence-electron chi connectivity index (χ3n) is 2.73. The lowest BCUT2D eigenvalue weighted by atomic mass is 9.93. The second-order valence-electron chi connectivity index (χ2n) is 5.59. The van der Waals surface area contributed by atoms with Gasteiger partial charge in [0.1, 0.15) is 6.29 Å². The SMILES string of the molecule is CC(C)(C)CCOC(CC=O)c1ccccc1Cl. The summed E-state index contributed by atoms with van der Waals surface area (Å²) in [7, 11) is 0. The van der Waals surface area contributed by atoms with Crippen LogP contribution in [0.25, 0.3) is 0 Å². The van der Waals surface area contributed by atoms with Gasteiger partial charge in [0.2, 0.25) is 0 Å². The summed E-state index contributed by atoms with van der Waals surface area (Å²) in [4.78, 5) is 10.7. The van der Waals surface area contributed by atoms with Gasteiger partial charge in [-0.1, -0.05) is 50.6 Å². The summed E-state index contributed by atoms with van der Waals surface area (Å²) in [6, 6.07) is 7.51. The first kappa shape index (κ1) is 15.2. The summed E-state index contributed by atoms with van der Waals surface area (Å²) in [6.07, 6.45) is 1.93. The van der Waals surface area contributed by atoms with Crippen LogP contribution in [0.1, 0.15) is 45.3 Å². The molecular weight excluding hydrogens is 248 g/mol. The molecule has 0 aromatic heterocycles. The van der Waals surface area contributed by atoms with E-state index in [0.29, 0.717) is 18.1 Å². The van der Waals surface area contributed by atoms with E-state index in [9.17, 15) is 4.79 Å². The highest BCUT2D eigenvalue weighted by Crippen LogP contribution is 2.28. The molecule has 0 N–H and O–H groups in total. The minimum atomic E-state index is -0.237. The van der Waals surface area contributed by atoms with Crippen molar-refractivity contribution in [2.24, 2.45) is 5.41 Å². The molecule has 0 bridgehead atoms. The first-order chi connectivity index (χ1) is 8.44. The number of hydrogen-bond acceptors (Lipinski definition) is 2. The summed E-state index contributed by atoms with van der Waals surface area (Å²) >= 11 is 6.13. The lowest BCUT2D eigenvalue weighted by Gasteiger charge is -2.22. The van der Waals surface area contributed by atoms with Gasteiger partial charge in [-0.25, -0.2) is 0 Å². The Morgan fingerprint density at radius 3 is 2.56 bits per heavy atom. The van der Waals surface area contributed by atoms with Crippen molar-refractivity contribution in [3.63, 3.8) is 0 Å².